The Morgan fingerprint density at radius 2 is 2.00 bits per heavy atom. The lowest BCUT2D eigenvalue weighted by Crippen LogP contribution is -1.98. The van der Waals surface area contributed by atoms with E-state index in [1.54, 1.807) is 0 Å². The summed E-state index contributed by atoms with van der Waals surface area (Å²) in [7, 11) is 0. The maximum atomic E-state index is 11.7. The normalized spacial score (nSPS) is 9.93. The molecule has 80 valence electrons. The SMILES string of the molecule is C=CCCCC(=O)c1ccc(CC)cc1. The van der Waals surface area contributed by atoms with Crippen LogP contribution in [0.2, 0.25) is 0 Å². The fraction of sp³-hybridized carbons (Fsp3) is 0.357. The molecule has 0 aliphatic heterocycles. The van der Waals surface area contributed by atoms with Gasteiger partial charge in [0, 0.05) is 12.0 Å². The van der Waals surface area contributed by atoms with Crippen LogP contribution in [0.15, 0.2) is 36.9 Å². The lowest BCUT2D eigenvalue weighted by atomic mass is 10.0. The van der Waals surface area contributed by atoms with Crippen LogP contribution < -0.4 is 0 Å². The Morgan fingerprint density at radius 1 is 1.33 bits per heavy atom. The number of hydrogen-bond donors (Lipinski definition) is 0. The molecule has 15 heavy (non-hydrogen) atoms. The van der Waals surface area contributed by atoms with Crippen molar-refractivity contribution in [1.29, 1.82) is 0 Å². The van der Waals surface area contributed by atoms with Gasteiger partial charge in [-0.25, -0.2) is 0 Å². The standard InChI is InChI=1S/C14H18O/c1-3-5-6-7-14(15)13-10-8-12(4-2)9-11-13/h3,8-11H,1,4-7H2,2H3. The molecule has 1 nitrogen and oxygen atoms in total. The molecule has 1 heteroatoms. The summed E-state index contributed by atoms with van der Waals surface area (Å²) in [6.45, 7) is 5.75. The molecule has 0 aromatic heterocycles. The zero-order chi connectivity index (χ0) is 11.1. The van der Waals surface area contributed by atoms with Gasteiger partial charge in [0.15, 0.2) is 5.78 Å². The average molecular weight is 202 g/mol. The van der Waals surface area contributed by atoms with E-state index in [0.29, 0.717) is 6.42 Å². The van der Waals surface area contributed by atoms with Crippen LogP contribution in [0.4, 0.5) is 0 Å². The van der Waals surface area contributed by atoms with Crippen molar-refractivity contribution in [2.75, 3.05) is 0 Å². The molecule has 0 atom stereocenters. The van der Waals surface area contributed by atoms with Crippen molar-refractivity contribution in [3.05, 3.63) is 48.0 Å². The Morgan fingerprint density at radius 3 is 2.53 bits per heavy atom. The number of rotatable bonds is 6. The van der Waals surface area contributed by atoms with Gasteiger partial charge < -0.3 is 0 Å². The van der Waals surface area contributed by atoms with E-state index in [2.05, 4.69) is 13.5 Å². The third-order valence-electron chi connectivity index (χ3n) is 2.50. The van der Waals surface area contributed by atoms with Gasteiger partial charge >= 0.3 is 0 Å². The van der Waals surface area contributed by atoms with Crippen LogP contribution in [0.3, 0.4) is 0 Å². The third-order valence-corrected chi connectivity index (χ3v) is 2.50. The van der Waals surface area contributed by atoms with Crippen LogP contribution in [-0.4, -0.2) is 5.78 Å². The van der Waals surface area contributed by atoms with Crippen LogP contribution >= 0.6 is 0 Å². The molecule has 0 amide bonds. The van der Waals surface area contributed by atoms with Gasteiger partial charge in [-0.3, -0.25) is 4.79 Å². The van der Waals surface area contributed by atoms with Gasteiger partial charge in [0.25, 0.3) is 0 Å². The fourth-order valence-electron chi connectivity index (χ4n) is 1.48. The minimum atomic E-state index is 0.236. The first-order valence-electron chi connectivity index (χ1n) is 5.51. The smallest absolute Gasteiger partial charge is 0.162 e. The molecule has 0 N–H and O–H groups in total. The predicted molar refractivity (Wildman–Crippen MR) is 64.2 cm³/mol. The molecule has 1 rings (SSSR count). The largest absolute Gasteiger partial charge is 0.294 e. The lowest BCUT2D eigenvalue weighted by molar-refractivity contribution is 0.0980. The van der Waals surface area contributed by atoms with Crippen LogP contribution in [0.25, 0.3) is 0 Å². The summed E-state index contributed by atoms with van der Waals surface area (Å²) in [6, 6.07) is 7.91. The highest BCUT2D eigenvalue weighted by atomic mass is 16.1. The number of allylic oxidation sites excluding steroid dienone is 1. The molecule has 0 bridgehead atoms. The number of ketones is 1. The fourth-order valence-corrected chi connectivity index (χ4v) is 1.48. The van der Waals surface area contributed by atoms with Crippen molar-refractivity contribution in [2.45, 2.75) is 32.6 Å². The molecular weight excluding hydrogens is 184 g/mol. The van der Waals surface area contributed by atoms with Gasteiger partial charge in [0.1, 0.15) is 0 Å². The first-order chi connectivity index (χ1) is 7.27. The van der Waals surface area contributed by atoms with E-state index in [4.69, 9.17) is 0 Å². The highest BCUT2D eigenvalue weighted by molar-refractivity contribution is 5.96. The zero-order valence-corrected chi connectivity index (χ0v) is 9.33. The van der Waals surface area contributed by atoms with Gasteiger partial charge in [0.05, 0.1) is 0 Å². The molecule has 0 fully saturated rings. The number of aryl methyl sites for hydroxylation is 1. The van der Waals surface area contributed by atoms with E-state index in [-0.39, 0.29) is 5.78 Å². The molecule has 1 aromatic rings. The highest BCUT2D eigenvalue weighted by Crippen LogP contribution is 2.09. The number of carbonyl (C=O) groups excluding carboxylic acids is 1. The van der Waals surface area contributed by atoms with Crippen molar-refractivity contribution >= 4 is 5.78 Å². The molecule has 0 aliphatic rings. The van der Waals surface area contributed by atoms with Crippen LogP contribution in [0, 0.1) is 0 Å². The third kappa shape index (κ3) is 3.70. The zero-order valence-electron chi connectivity index (χ0n) is 9.33. The number of carbonyl (C=O) groups is 1. The summed E-state index contributed by atoms with van der Waals surface area (Å²) >= 11 is 0. The number of Topliss-reactive ketones (excluding diaryl/α,β-unsaturated/α-hetero) is 1. The summed E-state index contributed by atoms with van der Waals surface area (Å²) < 4.78 is 0. The molecule has 0 heterocycles. The Hall–Kier alpha value is -1.37. The molecule has 0 radical (unpaired) electrons. The summed E-state index contributed by atoms with van der Waals surface area (Å²) in [5, 5.41) is 0. The minimum Gasteiger partial charge on any atom is -0.294 e. The maximum Gasteiger partial charge on any atom is 0.162 e. The molecule has 0 unspecified atom stereocenters. The Balaban J connectivity index is 2.54. The Labute approximate surface area is 91.8 Å². The van der Waals surface area contributed by atoms with Gasteiger partial charge in [0.2, 0.25) is 0 Å². The minimum absolute atomic E-state index is 0.236. The quantitative estimate of drug-likeness (QED) is 0.389. The Kier molecular flexibility index (Phi) is 4.82. The molecule has 0 saturated carbocycles. The first-order valence-corrected chi connectivity index (χ1v) is 5.51. The summed E-state index contributed by atoms with van der Waals surface area (Å²) in [5.41, 5.74) is 2.11. The average Bonchev–Trinajstić information content (AvgIpc) is 2.29. The molecule has 0 aliphatic carbocycles. The number of unbranched alkanes of at least 4 members (excludes halogenated alkanes) is 1. The molecule has 1 aromatic carbocycles. The molecule has 0 saturated heterocycles. The van der Waals surface area contributed by atoms with Crippen molar-refractivity contribution in [1.82, 2.24) is 0 Å². The van der Waals surface area contributed by atoms with Crippen LogP contribution in [0.1, 0.15) is 42.1 Å². The summed E-state index contributed by atoms with van der Waals surface area (Å²) in [4.78, 5) is 11.7. The predicted octanol–water partition coefficient (Wildman–Crippen LogP) is 3.79. The van der Waals surface area contributed by atoms with Crippen molar-refractivity contribution < 1.29 is 4.79 Å². The highest BCUT2D eigenvalue weighted by Gasteiger charge is 2.04. The second-order valence-electron chi connectivity index (χ2n) is 3.65. The first kappa shape index (κ1) is 11.7. The van der Waals surface area contributed by atoms with Gasteiger partial charge in [-0.15, -0.1) is 6.58 Å². The van der Waals surface area contributed by atoms with Gasteiger partial charge in [-0.2, -0.15) is 0 Å². The summed E-state index contributed by atoms with van der Waals surface area (Å²) in [6.07, 6.45) is 5.31. The number of hydrogen-bond acceptors (Lipinski definition) is 1. The maximum absolute atomic E-state index is 11.7. The van der Waals surface area contributed by atoms with E-state index in [0.717, 1.165) is 24.8 Å². The molecule has 0 spiro atoms. The Bertz CT molecular complexity index is 322. The van der Waals surface area contributed by atoms with E-state index < -0.39 is 0 Å². The van der Waals surface area contributed by atoms with E-state index >= 15 is 0 Å². The second-order valence-corrected chi connectivity index (χ2v) is 3.65. The van der Waals surface area contributed by atoms with Gasteiger partial charge in [-0.1, -0.05) is 37.3 Å². The molecular formula is C14H18O. The number of benzene rings is 1. The van der Waals surface area contributed by atoms with Crippen LogP contribution in [-0.2, 0) is 6.42 Å². The lowest BCUT2D eigenvalue weighted by Gasteiger charge is -2.01. The second kappa shape index (κ2) is 6.18. The van der Waals surface area contributed by atoms with E-state index in [1.165, 1.54) is 5.56 Å². The van der Waals surface area contributed by atoms with E-state index in [9.17, 15) is 4.79 Å². The summed E-state index contributed by atoms with van der Waals surface area (Å²) in [5.74, 6) is 0.236. The topological polar surface area (TPSA) is 17.1 Å². The van der Waals surface area contributed by atoms with Crippen molar-refractivity contribution in [3.8, 4) is 0 Å². The monoisotopic (exact) mass is 202 g/mol. The van der Waals surface area contributed by atoms with Gasteiger partial charge in [-0.05, 0) is 24.8 Å². The van der Waals surface area contributed by atoms with Crippen molar-refractivity contribution in [2.24, 2.45) is 0 Å². The van der Waals surface area contributed by atoms with E-state index in [1.807, 2.05) is 30.3 Å². The van der Waals surface area contributed by atoms with Crippen molar-refractivity contribution in [3.63, 3.8) is 0 Å². The van der Waals surface area contributed by atoms with Crippen LogP contribution in [0.5, 0.6) is 0 Å².